The van der Waals surface area contributed by atoms with Gasteiger partial charge in [0.05, 0.1) is 13.0 Å². The van der Waals surface area contributed by atoms with Gasteiger partial charge in [-0.1, -0.05) is 25.5 Å². The molecule has 4 aliphatic rings. The Labute approximate surface area is 143 Å². The zero-order valence-electron chi connectivity index (χ0n) is 14.8. The standard InChI is InChI=1S/C20H26O4/c1-19-10-8-14-12(13(19)5-6-15(19)18(22)23-3)4-7-16-20(14,2)11-9-17(21)24-16/h4,7,13-15H,5-6,8-11H2,1-3H3/t13-,14+,15?,19-,20+/m0/s1. The largest absolute Gasteiger partial charge is 0.469 e. The van der Waals surface area contributed by atoms with E-state index in [-0.39, 0.29) is 28.7 Å². The summed E-state index contributed by atoms with van der Waals surface area (Å²) < 4.78 is 10.6. The fourth-order valence-corrected chi connectivity index (χ4v) is 5.96. The molecule has 130 valence electrons. The van der Waals surface area contributed by atoms with Gasteiger partial charge in [-0.15, -0.1) is 0 Å². The molecule has 4 heteroatoms. The van der Waals surface area contributed by atoms with Crippen molar-refractivity contribution in [1.29, 1.82) is 0 Å². The summed E-state index contributed by atoms with van der Waals surface area (Å²) in [5.74, 6) is 1.56. The zero-order chi connectivity index (χ0) is 17.1. The summed E-state index contributed by atoms with van der Waals surface area (Å²) in [6.07, 6.45) is 9.63. The molecule has 24 heavy (non-hydrogen) atoms. The van der Waals surface area contributed by atoms with Crippen molar-refractivity contribution in [2.75, 3.05) is 7.11 Å². The topological polar surface area (TPSA) is 52.6 Å². The average Bonchev–Trinajstić information content (AvgIpc) is 2.92. The Morgan fingerprint density at radius 1 is 1.17 bits per heavy atom. The van der Waals surface area contributed by atoms with Gasteiger partial charge in [0.25, 0.3) is 0 Å². The van der Waals surface area contributed by atoms with Gasteiger partial charge in [-0.2, -0.15) is 0 Å². The van der Waals surface area contributed by atoms with Crippen LogP contribution in [-0.2, 0) is 19.1 Å². The number of ether oxygens (including phenoxy) is 2. The molecule has 5 atom stereocenters. The van der Waals surface area contributed by atoms with Crippen molar-refractivity contribution in [1.82, 2.24) is 0 Å². The Morgan fingerprint density at radius 2 is 1.96 bits per heavy atom. The van der Waals surface area contributed by atoms with E-state index >= 15 is 0 Å². The second-order valence-electron chi connectivity index (χ2n) is 8.39. The van der Waals surface area contributed by atoms with Gasteiger partial charge in [0.1, 0.15) is 5.76 Å². The van der Waals surface area contributed by atoms with Gasteiger partial charge in [-0.3, -0.25) is 9.59 Å². The second-order valence-corrected chi connectivity index (χ2v) is 8.39. The third-order valence-electron chi connectivity index (χ3n) is 7.43. The van der Waals surface area contributed by atoms with E-state index < -0.39 is 0 Å². The quantitative estimate of drug-likeness (QED) is 0.687. The minimum Gasteiger partial charge on any atom is -0.469 e. The van der Waals surface area contributed by atoms with Crippen LogP contribution in [0.5, 0.6) is 0 Å². The Balaban J connectivity index is 1.71. The molecule has 2 saturated carbocycles. The minimum atomic E-state index is -0.108. The molecular weight excluding hydrogens is 304 g/mol. The molecule has 0 aromatic rings. The normalized spacial score (nSPS) is 43.6. The fraction of sp³-hybridized carbons (Fsp3) is 0.700. The number of hydrogen-bond acceptors (Lipinski definition) is 4. The summed E-state index contributed by atoms with van der Waals surface area (Å²) in [5, 5.41) is 0. The fourth-order valence-electron chi connectivity index (χ4n) is 5.96. The number of methoxy groups -OCH3 is 1. The van der Waals surface area contributed by atoms with Crippen LogP contribution in [0.15, 0.2) is 23.5 Å². The third-order valence-corrected chi connectivity index (χ3v) is 7.43. The van der Waals surface area contributed by atoms with Crippen LogP contribution in [-0.4, -0.2) is 19.0 Å². The van der Waals surface area contributed by atoms with Crippen LogP contribution in [0.1, 0.15) is 52.4 Å². The van der Waals surface area contributed by atoms with Crippen molar-refractivity contribution >= 4 is 11.9 Å². The molecule has 3 aliphatic carbocycles. The molecular formula is C20H26O4. The maximum atomic E-state index is 12.3. The Hall–Kier alpha value is -1.58. The number of fused-ring (bicyclic) bond motifs is 5. The summed E-state index contributed by atoms with van der Waals surface area (Å²) in [5.41, 5.74) is 1.41. The first-order valence-corrected chi connectivity index (χ1v) is 9.11. The molecule has 0 radical (unpaired) electrons. The van der Waals surface area contributed by atoms with Crippen molar-refractivity contribution < 1.29 is 19.1 Å². The monoisotopic (exact) mass is 330 g/mol. The summed E-state index contributed by atoms with van der Waals surface area (Å²) in [6.45, 7) is 4.52. The van der Waals surface area contributed by atoms with Crippen LogP contribution in [0.2, 0.25) is 0 Å². The summed E-state index contributed by atoms with van der Waals surface area (Å²) >= 11 is 0. The van der Waals surface area contributed by atoms with Crippen molar-refractivity contribution in [3.8, 4) is 0 Å². The second kappa shape index (κ2) is 5.21. The Kier molecular flexibility index (Phi) is 3.45. The van der Waals surface area contributed by atoms with E-state index in [0.717, 1.165) is 37.9 Å². The molecule has 1 heterocycles. The van der Waals surface area contributed by atoms with Gasteiger partial charge in [-0.25, -0.2) is 0 Å². The third kappa shape index (κ3) is 1.98. The van der Waals surface area contributed by atoms with Crippen molar-refractivity contribution in [2.45, 2.75) is 52.4 Å². The lowest BCUT2D eigenvalue weighted by Crippen LogP contribution is -2.47. The van der Waals surface area contributed by atoms with E-state index in [0.29, 0.717) is 18.3 Å². The number of esters is 2. The number of carbonyl (C=O) groups excluding carboxylic acids is 2. The van der Waals surface area contributed by atoms with Crippen molar-refractivity contribution in [3.63, 3.8) is 0 Å². The maximum absolute atomic E-state index is 12.3. The predicted molar refractivity (Wildman–Crippen MR) is 88.7 cm³/mol. The smallest absolute Gasteiger partial charge is 0.310 e. The molecule has 4 rings (SSSR count). The van der Waals surface area contributed by atoms with Crippen molar-refractivity contribution in [3.05, 3.63) is 23.5 Å². The summed E-state index contributed by atoms with van der Waals surface area (Å²) in [4.78, 5) is 23.9. The molecule has 0 aromatic carbocycles. The highest BCUT2D eigenvalue weighted by Crippen LogP contribution is 2.64. The van der Waals surface area contributed by atoms with Gasteiger partial charge < -0.3 is 9.47 Å². The molecule has 1 unspecified atom stereocenters. The zero-order valence-corrected chi connectivity index (χ0v) is 14.8. The lowest BCUT2D eigenvalue weighted by Gasteiger charge is -2.52. The Morgan fingerprint density at radius 3 is 2.71 bits per heavy atom. The first-order valence-electron chi connectivity index (χ1n) is 9.11. The number of rotatable bonds is 1. The van der Waals surface area contributed by atoms with Gasteiger partial charge in [0, 0.05) is 11.8 Å². The lowest BCUT2D eigenvalue weighted by molar-refractivity contribution is -0.152. The molecule has 0 bridgehead atoms. The van der Waals surface area contributed by atoms with Crippen LogP contribution in [0.4, 0.5) is 0 Å². The van der Waals surface area contributed by atoms with Gasteiger partial charge in [0.15, 0.2) is 0 Å². The highest BCUT2D eigenvalue weighted by atomic mass is 16.5. The summed E-state index contributed by atoms with van der Waals surface area (Å²) in [7, 11) is 1.50. The van der Waals surface area contributed by atoms with Crippen LogP contribution >= 0.6 is 0 Å². The highest BCUT2D eigenvalue weighted by Gasteiger charge is 2.58. The van der Waals surface area contributed by atoms with Gasteiger partial charge >= 0.3 is 11.9 Å². The van der Waals surface area contributed by atoms with Crippen LogP contribution in [0, 0.1) is 28.6 Å². The maximum Gasteiger partial charge on any atom is 0.310 e. The van der Waals surface area contributed by atoms with Crippen LogP contribution in [0.3, 0.4) is 0 Å². The van der Waals surface area contributed by atoms with E-state index in [2.05, 4.69) is 19.9 Å². The van der Waals surface area contributed by atoms with E-state index in [9.17, 15) is 9.59 Å². The van der Waals surface area contributed by atoms with E-state index in [1.54, 1.807) is 0 Å². The van der Waals surface area contributed by atoms with E-state index in [4.69, 9.17) is 9.47 Å². The van der Waals surface area contributed by atoms with E-state index in [1.165, 1.54) is 12.7 Å². The van der Waals surface area contributed by atoms with Crippen molar-refractivity contribution in [2.24, 2.45) is 28.6 Å². The highest BCUT2D eigenvalue weighted by molar-refractivity contribution is 5.74. The van der Waals surface area contributed by atoms with Crippen LogP contribution in [0.25, 0.3) is 0 Å². The molecule has 0 amide bonds. The lowest BCUT2D eigenvalue weighted by atomic mass is 9.53. The first-order chi connectivity index (χ1) is 11.4. The molecule has 0 spiro atoms. The molecule has 4 nitrogen and oxygen atoms in total. The molecule has 0 N–H and O–H groups in total. The van der Waals surface area contributed by atoms with E-state index in [1.807, 2.05) is 6.08 Å². The molecule has 3 fully saturated rings. The molecule has 1 saturated heterocycles. The van der Waals surface area contributed by atoms with Crippen LogP contribution < -0.4 is 0 Å². The number of hydrogen-bond donors (Lipinski definition) is 0. The number of carbonyl (C=O) groups is 2. The SMILES string of the molecule is COC(=O)C1CC[C@H]2C3=CC=C4OC(=O)CC[C@]4(C)[C@@H]3CC[C@]12C. The summed E-state index contributed by atoms with van der Waals surface area (Å²) in [6, 6.07) is 0. The molecule has 1 aliphatic heterocycles. The van der Waals surface area contributed by atoms with Gasteiger partial charge in [-0.05, 0) is 55.4 Å². The minimum absolute atomic E-state index is 0.00245. The first kappa shape index (κ1) is 15.9. The predicted octanol–water partition coefficient (Wildman–Crippen LogP) is 3.77. The van der Waals surface area contributed by atoms with Gasteiger partial charge in [0.2, 0.25) is 0 Å². The number of allylic oxidation sites excluding steroid dienone is 4. The average molecular weight is 330 g/mol. The Bertz CT molecular complexity index is 661. The molecule has 0 aromatic heterocycles.